The van der Waals surface area contributed by atoms with Crippen molar-refractivity contribution < 1.29 is 91.7 Å². The van der Waals surface area contributed by atoms with Gasteiger partial charge in [0.05, 0.1) is 50.6 Å². The maximum absolute atomic E-state index is 13.9. The van der Waals surface area contributed by atoms with Gasteiger partial charge < -0.3 is 112 Å². The first kappa shape index (κ1) is 91.6. The van der Waals surface area contributed by atoms with E-state index in [1.165, 1.54) is 52.0 Å². The first-order valence-electron chi connectivity index (χ1n) is 33.9. The molecule has 1 heterocycles. The van der Waals surface area contributed by atoms with E-state index in [0.29, 0.717) is 31.3 Å². The zero-order valence-electron chi connectivity index (χ0n) is 60.7. The second-order valence-electron chi connectivity index (χ2n) is 26.4. The summed E-state index contributed by atoms with van der Waals surface area (Å²) in [5, 5.41) is 54.2. The first-order chi connectivity index (χ1) is 48.2. The van der Waals surface area contributed by atoms with Crippen LogP contribution in [0.15, 0.2) is 12.5 Å². The number of hydrogen-bond acceptors (Lipinski definition) is 22. The number of aromatic nitrogens is 2. The van der Waals surface area contributed by atoms with Crippen molar-refractivity contribution in [2.24, 2.45) is 40.9 Å². The number of aldehydes is 1. The number of carbonyl (C=O) groups is 17. The predicted molar refractivity (Wildman–Crippen MR) is 374 cm³/mol. The number of primary amides is 2. The lowest BCUT2D eigenvalue weighted by Gasteiger charge is -2.29. The lowest BCUT2D eigenvalue weighted by molar-refractivity contribution is -0.136. The van der Waals surface area contributed by atoms with Crippen LogP contribution >= 0.6 is 11.8 Å². The third-order valence-electron chi connectivity index (χ3n) is 15.6. The molecule has 0 bridgehead atoms. The van der Waals surface area contributed by atoms with E-state index in [4.69, 9.17) is 17.2 Å². The number of aliphatic hydroxyl groups is 2. The molecule has 0 aromatic carbocycles. The van der Waals surface area contributed by atoms with Gasteiger partial charge in [0.2, 0.25) is 94.5 Å². The summed E-state index contributed by atoms with van der Waals surface area (Å²) in [4.78, 5) is 231. The molecule has 0 saturated carbocycles. The topological polar surface area (TPSA) is 606 Å². The van der Waals surface area contributed by atoms with Gasteiger partial charge >= 0.3 is 0 Å². The summed E-state index contributed by atoms with van der Waals surface area (Å²) in [6.45, 7) is 16.4. The van der Waals surface area contributed by atoms with E-state index in [1.54, 1.807) is 41.5 Å². The van der Waals surface area contributed by atoms with Crippen molar-refractivity contribution in [1.29, 1.82) is 0 Å². The summed E-state index contributed by atoms with van der Waals surface area (Å²) in [5.74, 6) is -15.3. The van der Waals surface area contributed by atoms with Crippen LogP contribution in [0.3, 0.4) is 0 Å². The van der Waals surface area contributed by atoms with E-state index in [1.807, 2.05) is 20.1 Å². The average Bonchev–Trinajstić information content (AvgIpc) is 1.52. The van der Waals surface area contributed by atoms with Crippen molar-refractivity contribution in [3.05, 3.63) is 18.2 Å². The van der Waals surface area contributed by atoms with Crippen molar-refractivity contribution in [2.45, 2.75) is 226 Å². The lowest BCUT2D eigenvalue weighted by atomic mass is 9.96. The number of aromatic amines is 1. The van der Waals surface area contributed by atoms with Crippen LogP contribution in [0.25, 0.3) is 0 Å². The molecule has 0 saturated heterocycles. The van der Waals surface area contributed by atoms with Gasteiger partial charge in [0.1, 0.15) is 72.7 Å². The van der Waals surface area contributed by atoms with Crippen molar-refractivity contribution in [3.63, 3.8) is 0 Å². The van der Waals surface area contributed by atoms with E-state index < -0.39 is 218 Å². The molecule has 0 fully saturated rings. The number of nitrogens with zero attached hydrogens (tertiary/aromatic N) is 1. The standard InChI is InChI=1S/C64H109N19O19S/c1-14-33(8)51(63(101)80-43(21-32(6)7)62(100)83-52(37(12)86)64(102)75-38(27-84)17-18-103-13)82-50(90)26-69-53(91)34(9)72-54(92)35(10)74-59(97)44(22-39-24-68-29-71-39)79-61(99)45(23-48(67)88)76-49(89)25-70-57(95)46(28-85)81-55(93)36(11)73-58(96)41(15-16-47(66)87)77-60(98)42(20-31(4)5)78-56(94)40(65)19-30(2)3/h24,27,29-38,40-46,51-52,85-86H,14-23,25-26,28,65H2,1-13H3,(H2,66,87)(H2,67,88)(H,68,71)(H,69,91)(H,70,95)(H,72,92)(H,73,96)(H,74,97)(H,75,102)(H,76,89)(H,77,98)(H,78,94)(H,79,99)(H,80,101)(H,81,93)(H,82,90)(H,83,100)/t33-,34-,35-,36-,37+,38-,40-,41-,42-,43-,44-,45-,46-,51-,52-/m0/s1. The van der Waals surface area contributed by atoms with Crippen LogP contribution in [-0.4, -0.2) is 237 Å². The summed E-state index contributed by atoms with van der Waals surface area (Å²) >= 11 is 1.45. The fourth-order valence-corrected chi connectivity index (χ4v) is 10.2. The van der Waals surface area contributed by atoms with Gasteiger partial charge in [0.25, 0.3) is 0 Å². The maximum atomic E-state index is 13.9. The Hall–Kier alpha value is -9.37. The van der Waals surface area contributed by atoms with Crippen molar-refractivity contribution in [1.82, 2.24) is 84.4 Å². The number of rotatable bonds is 49. The Balaban J connectivity index is 3.11. The Labute approximate surface area is 602 Å². The highest BCUT2D eigenvalue weighted by Gasteiger charge is 2.37. The molecule has 0 aliphatic rings. The van der Waals surface area contributed by atoms with E-state index in [-0.39, 0.29) is 49.1 Å². The first-order valence-corrected chi connectivity index (χ1v) is 35.3. The molecule has 0 aliphatic carbocycles. The van der Waals surface area contributed by atoms with Crippen molar-refractivity contribution in [2.75, 3.05) is 31.7 Å². The Morgan fingerprint density at radius 3 is 1.46 bits per heavy atom. The van der Waals surface area contributed by atoms with Gasteiger partial charge in [-0.15, -0.1) is 0 Å². The minimum atomic E-state index is -1.82. The fourth-order valence-electron chi connectivity index (χ4n) is 9.68. The molecule has 0 spiro atoms. The molecule has 39 heteroatoms. The van der Waals surface area contributed by atoms with Gasteiger partial charge in [0.15, 0.2) is 0 Å². The molecule has 0 unspecified atom stereocenters. The molecule has 23 N–H and O–H groups in total. The maximum Gasteiger partial charge on any atom is 0.245 e. The van der Waals surface area contributed by atoms with Gasteiger partial charge in [-0.2, -0.15) is 11.8 Å². The van der Waals surface area contributed by atoms with Crippen LogP contribution in [0.4, 0.5) is 0 Å². The highest BCUT2D eigenvalue weighted by Crippen LogP contribution is 2.14. The summed E-state index contributed by atoms with van der Waals surface area (Å²) in [7, 11) is 0. The second-order valence-corrected chi connectivity index (χ2v) is 27.4. The second kappa shape index (κ2) is 47.0. The number of carbonyl (C=O) groups excluding carboxylic acids is 17. The molecule has 1 rings (SSSR count). The van der Waals surface area contributed by atoms with Gasteiger partial charge in [-0.25, -0.2) is 4.98 Å². The van der Waals surface area contributed by atoms with Crippen molar-refractivity contribution >= 4 is 113 Å². The van der Waals surface area contributed by atoms with Crippen LogP contribution in [0.2, 0.25) is 0 Å². The third kappa shape index (κ3) is 35.4. The Morgan fingerprint density at radius 1 is 0.505 bits per heavy atom. The number of aliphatic hydroxyl groups excluding tert-OH is 2. The van der Waals surface area contributed by atoms with Gasteiger partial charge in [-0.1, -0.05) is 61.8 Å². The normalized spacial score (nSPS) is 15.6. The zero-order valence-corrected chi connectivity index (χ0v) is 61.6. The minimum absolute atomic E-state index is 0.0583. The molecule has 1 aromatic heterocycles. The van der Waals surface area contributed by atoms with E-state index in [0.717, 1.165) is 0 Å². The monoisotopic (exact) mass is 1480 g/mol. The van der Waals surface area contributed by atoms with Gasteiger partial charge in [-0.05, 0) is 95.5 Å². The SMILES string of the molecule is CC[C@H](C)[C@H](NC(=O)CNC(=O)[C@H](C)NC(=O)[C@H](C)NC(=O)[C@H](Cc1cnc[nH]1)NC(=O)[C@H](CC(N)=O)NC(=O)CNC(=O)[C@H](CO)NC(=O)[C@H](C)NC(=O)[C@H](CCC(N)=O)NC(=O)[C@H](CC(C)C)NC(=O)[C@@H](N)CC(C)C)C(=O)N[C@@H](CC(C)C)C(=O)N[C@H](C(=O)N[C@H](C=O)CCSC)[C@@H](C)O. The fraction of sp³-hybridized carbons (Fsp3) is 0.688. The van der Waals surface area contributed by atoms with Gasteiger partial charge in [0, 0.05) is 24.7 Å². The quantitative estimate of drug-likeness (QED) is 0.0270. The molecule has 38 nitrogen and oxygen atoms in total. The number of nitrogens with one attached hydrogen (secondary N) is 15. The zero-order chi connectivity index (χ0) is 78.5. The van der Waals surface area contributed by atoms with E-state index in [9.17, 15) is 91.7 Å². The summed E-state index contributed by atoms with van der Waals surface area (Å²) in [6, 6.07) is -18.0. The van der Waals surface area contributed by atoms with E-state index in [2.05, 4.69) is 84.4 Å². The Bertz CT molecular complexity index is 3050. The van der Waals surface area contributed by atoms with Crippen LogP contribution in [0.5, 0.6) is 0 Å². The molecule has 103 heavy (non-hydrogen) atoms. The molecular weight excluding hydrogens is 1370 g/mol. The third-order valence-corrected chi connectivity index (χ3v) is 16.3. The summed E-state index contributed by atoms with van der Waals surface area (Å²) < 4.78 is 0. The molecule has 16 amide bonds. The molecule has 580 valence electrons. The van der Waals surface area contributed by atoms with Gasteiger partial charge in [-0.3, -0.25) is 76.7 Å². The number of amides is 16. The molecular formula is C64H109N19O19S. The average molecular weight is 1480 g/mol. The molecule has 1 aromatic rings. The van der Waals surface area contributed by atoms with E-state index >= 15 is 0 Å². The number of imidazole rings is 1. The van der Waals surface area contributed by atoms with Crippen LogP contribution in [0, 0.1) is 23.7 Å². The number of nitrogens with two attached hydrogens (primary N) is 3. The smallest absolute Gasteiger partial charge is 0.245 e. The largest absolute Gasteiger partial charge is 0.394 e. The molecule has 15 atom stereocenters. The van der Waals surface area contributed by atoms with Crippen LogP contribution < -0.4 is 91.6 Å². The highest BCUT2D eigenvalue weighted by atomic mass is 32.2. The number of hydrogen-bond donors (Lipinski definition) is 20. The Kier molecular flexibility index (Phi) is 41.8. The molecule has 0 radical (unpaired) electrons. The highest BCUT2D eigenvalue weighted by molar-refractivity contribution is 7.98. The Morgan fingerprint density at radius 2 is 0.961 bits per heavy atom. The predicted octanol–water partition coefficient (Wildman–Crippen LogP) is -6.96. The number of thioether (sulfide) groups is 1. The minimum Gasteiger partial charge on any atom is -0.394 e. The summed E-state index contributed by atoms with van der Waals surface area (Å²) in [5.41, 5.74) is 17.0. The van der Waals surface area contributed by atoms with Crippen LogP contribution in [-0.2, 0) is 87.9 Å². The van der Waals surface area contributed by atoms with Crippen LogP contribution in [0.1, 0.15) is 140 Å². The van der Waals surface area contributed by atoms with Crippen molar-refractivity contribution in [3.8, 4) is 0 Å². The number of H-pyrrole nitrogens is 1. The summed E-state index contributed by atoms with van der Waals surface area (Å²) in [6.07, 6.45) is 2.73. The molecule has 0 aliphatic heterocycles. The lowest BCUT2D eigenvalue weighted by Crippen LogP contribution is -2.61.